The first kappa shape index (κ1) is 14.6. The van der Waals surface area contributed by atoms with Gasteiger partial charge in [-0.3, -0.25) is 4.79 Å². The van der Waals surface area contributed by atoms with E-state index in [0.717, 1.165) is 11.3 Å². The number of carbonyl (C=O) groups excluding carboxylic acids is 1. The van der Waals surface area contributed by atoms with E-state index in [0.29, 0.717) is 26.4 Å². The van der Waals surface area contributed by atoms with Crippen molar-refractivity contribution in [3.8, 4) is 0 Å². The van der Waals surface area contributed by atoms with Crippen molar-refractivity contribution in [2.75, 3.05) is 39.2 Å². The molecule has 0 unspecified atom stereocenters. The molecule has 1 aromatic rings. The third-order valence-corrected chi connectivity index (χ3v) is 2.25. The first-order valence-corrected chi connectivity index (χ1v) is 5.86. The van der Waals surface area contributed by atoms with Gasteiger partial charge in [0.1, 0.15) is 0 Å². The minimum Gasteiger partial charge on any atom is -0.382 e. The molecule has 0 bridgehead atoms. The molecule has 0 heterocycles. The lowest BCUT2D eigenvalue weighted by atomic mass is 10.2. The SMILES string of the molecule is CNCC(=O)Nc1cccc(COCCOC)c1. The normalized spacial score (nSPS) is 10.3. The molecule has 5 nitrogen and oxygen atoms in total. The van der Waals surface area contributed by atoms with E-state index in [1.807, 2.05) is 24.3 Å². The fourth-order valence-corrected chi connectivity index (χ4v) is 1.44. The topological polar surface area (TPSA) is 59.6 Å². The molecule has 2 N–H and O–H groups in total. The smallest absolute Gasteiger partial charge is 0.238 e. The number of rotatable bonds is 8. The molecule has 0 aliphatic heterocycles. The molecular weight excluding hydrogens is 232 g/mol. The van der Waals surface area contributed by atoms with Crippen molar-refractivity contribution in [1.82, 2.24) is 5.32 Å². The highest BCUT2D eigenvalue weighted by Gasteiger charge is 2.01. The molecule has 1 amide bonds. The third-order valence-electron chi connectivity index (χ3n) is 2.25. The molecule has 0 fully saturated rings. The van der Waals surface area contributed by atoms with E-state index in [-0.39, 0.29) is 5.91 Å². The largest absolute Gasteiger partial charge is 0.382 e. The number of methoxy groups -OCH3 is 1. The molecule has 0 radical (unpaired) electrons. The molecule has 0 saturated heterocycles. The number of likely N-dealkylation sites (N-methyl/N-ethyl adjacent to an activating group) is 1. The van der Waals surface area contributed by atoms with Crippen LogP contribution in [0.25, 0.3) is 0 Å². The molecular formula is C13H20N2O3. The summed E-state index contributed by atoms with van der Waals surface area (Å²) >= 11 is 0. The van der Waals surface area contributed by atoms with Crippen molar-refractivity contribution in [2.45, 2.75) is 6.61 Å². The number of anilines is 1. The molecule has 1 aromatic carbocycles. The number of amides is 1. The molecule has 100 valence electrons. The van der Waals surface area contributed by atoms with E-state index in [4.69, 9.17) is 9.47 Å². The van der Waals surface area contributed by atoms with Gasteiger partial charge >= 0.3 is 0 Å². The Bertz CT molecular complexity index is 369. The lowest BCUT2D eigenvalue weighted by molar-refractivity contribution is -0.115. The van der Waals surface area contributed by atoms with E-state index in [1.54, 1.807) is 14.2 Å². The Morgan fingerprint density at radius 2 is 2.17 bits per heavy atom. The fraction of sp³-hybridized carbons (Fsp3) is 0.462. The van der Waals surface area contributed by atoms with Gasteiger partial charge in [0.25, 0.3) is 0 Å². The summed E-state index contributed by atoms with van der Waals surface area (Å²) in [6.45, 7) is 1.96. The maximum Gasteiger partial charge on any atom is 0.238 e. The highest BCUT2D eigenvalue weighted by molar-refractivity contribution is 5.92. The van der Waals surface area contributed by atoms with Gasteiger partial charge in [0.2, 0.25) is 5.91 Å². The van der Waals surface area contributed by atoms with E-state index >= 15 is 0 Å². The first-order chi connectivity index (χ1) is 8.76. The van der Waals surface area contributed by atoms with E-state index < -0.39 is 0 Å². The van der Waals surface area contributed by atoms with E-state index in [9.17, 15) is 4.79 Å². The summed E-state index contributed by atoms with van der Waals surface area (Å²) < 4.78 is 10.3. The van der Waals surface area contributed by atoms with Gasteiger partial charge in [-0.1, -0.05) is 12.1 Å². The van der Waals surface area contributed by atoms with E-state index in [1.165, 1.54) is 0 Å². The predicted molar refractivity (Wildman–Crippen MR) is 70.5 cm³/mol. The average Bonchev–Trinajstić information content (AvgIpc) is 2.35. The summed E-state index contributed by atoms with van der Waals surface area (Å²) in [6.07, 6.45) is 0. The van der Waals surface area contributed by atoms with Crippen molar-refractivity contribution >= 4 is 11.6 Å². The number of ether oxygens (including phenoxy) is 2. The fourth-order valence-electron chi connectivity index (χ4n) is 1.44. The van der Waals surface area contributed by atoms with E-state index in [2.05, 4.69) is 10.6 Å². The van der Waals surface area contributed by atoms with Crippen molar-refractivity contribution in [1.29, 1.82) is 0 Å². The molecule has 5 heteroatoms. The minimum absolute atomic E-state index is 0.0602. The maximum absolute atomic E-state index is 11.4. The summed E-state index contributed by atoms with van der Waals surface area (Å²) in [6, 6.07) is 7.61. The standard InChI is InChI=1S/C13H20N2O3/c1-14-9-13(16)15-12-5-3-4-11(8-12)10-18-7-6-17-2/h3-5,8,14H,6-7,9-10H2,1-2H3,(H,15,16). The molecule has 0 atom stereocenters. The van der Waals surface area contributed by atoms with Crippen LogP contribution >= 0.6 is 0 Å². The minimum atomic E-state index is -0.0602. The highest BCUT2D eigenvalue weighted by Crippen LogP contribution is 2.11. The number of hydrogen-bond donors (Lipinski definition) is 2. The van der Waals surface area contributed by atoms with Crippen LogP contribution in [0.1, 0.15) is 5.56 Å². The monoisotopic (exact) mass is 252 g/mol. The van der Waals surface area contributed by atoms with Gasteiger partial charge in [-0.25, -0.2) is 0 Å². The lowest BCUT2D eigenvalue weighted by Gasteiger charge is -2.08. The van der Waals surface area contributed by atoms with Crippen LogP contribution in [-0.4, -0.2) is 39.8 Å². The second kappa shape index (κ2) is 8.63. The molecule has 0 saturated carbocycles. The molecule has 1 rings (SSSR count). The molecule has 0 spiro atoms. The van der Waals surface area contributed by atoms with Crippen LogP contribution in [0.2, 0.25) is 0 Å². The van der Waals surface area contributed by atoms with Gasteiger partial charge in [0.05, 0.1) is 26.4 Å². The second-order valence-corrected chi connectivity index (χ2v) is 3.82. The Hall–Kier alpha value is -1.43. The number of carbonyl (C=O) groups is 1. The van der Waals surface area contributed by atoms with Gasteiger partial charge in [-0.2, -0.15) is 0 Å². The van der Waals surface area contributed by atoms with Crippen molar-refractivity contribution in [2.24, 2.45) is 0 Å². The number of nitrogens with one attached hydrogen (secondary N) is 2. The van der Waals surface area contributed by atoms with Crippen LogP contribution in [-0.2, 0) is 20.9 Å². The Morgan fingerprint density at radius 1 is 1.33 bits per heavy atom. The molecule has 18 heavy (non-hydrogen) atoms. The van der Waals surface area contributed by atoms with Crippen molar-refractivity contribution in [3.05, 3.63) is 29.8 Å². The zero-order chi connectivity index (χ0) is 13.2. The highest BCUT2D eigenvalue weighted by atomic mass is 16.5. The van der Waals surface area contributed by atoms with Crippen LogP contribution in [0.5, 0.6) is 0 Å². The summed E-state index contributed by atoms with van der Waals surface area (Å²) in [7, 11) is 3.38. The quantitative estimate of drug-likeness (QED) is 0.678. The average molecular weight is 252 g/mol. The summed E-state index contributed by atoms with van der Waals surface area (Å²) in [4.78, 5) is 11.4. The summed E-state index contributed by atoms with van der Waals surface area (Å²) in [5.74, 6) is -0.0602. The lowest BCUT2D eigenvalue weighted by Crippen LogP contribution is -2.25. The molecule has 0 aliphatic carbocycles. The van der Waals surface area contributed by atoms with Crippen molar-refractivity contribution in [3.63, 3.8) is 0 Å². The van der Waals surface area contributed by atoms with Crippen LogP contribution in [0.15, 0.2) is 24.3 Å². The van der Waals surface area contributed by atoms with Gasteiger partial charge < -0.3 is 20.1 Å². The van der Waals surface area contributed by atoms with Gasteiger partial charge in [0, 0.05) is 12.8 Å². The number of hydrogen-bond acceptors (Lipinski definition) is 4. The Kier molecular flexibility index (Phi) is 7.01. The third kappa shape index (κ3) is 5.77. The molecule has 0 aromatic heterocycles. The Balaban J connectivity index is 2.43. The Labute approximate surface area is 107 Å². The molecule has 0 aliphatic rings. The zero-order valence-electron chi connectivity index (χ0n) is 10.9. The number of benzene rings is 1. The van der Waals surface area contributed by atoms with Gasteiger partial charge in [-0.05, 0) is 24.7 Å². The van der Waals surface area contributed by atoms with Crippen molar-refractivity contribution < 1.29 is 14.3 Å². The zero-order valence-corrected chi connectivity index (χ0v) is 10.9. The summed E-state index contributed by atoms with van der Waals surface area (Å²) in [5, 5.41) is 5.60. The van der Waals surface area contributed by atoms with Gasteiger partial charge in [0.15, 0.2) is 0 Å². The maximum atomic E-state index is 11.4. The first-order valence-electron chi connectivity index (χ1n) is 5.86. The van der Waals surface area contributed by atoms with Crippen LogP contribution < -0.4 is 10.6 Å². The second-order valence-electron chi connectivity index (χ2n) is 3.82. The predicted octanol–water partition coefficient (Wildman–Crippen LogP) is 1.01. The van der Waals surface area contributed by atoms with Crippen LogP contribution in [0, 0.1) is 0 Å². The summed E-state index contributed by atoms with van der Waals surface area (Å²) in [5.41, 5.74) is 1.80. The van der Waals surface area contributed by atoms with Crippen LogP contribution in [0.4, 0.5) is 5.69 Å². The Morgan fingerprint density at radius 3 is 2.89 bits per heavy atom. The van der Waals surface area contributed by atoms with Gasteiger partial charge in [-0.15, -0.1) is 0 Å². The van der Waals surface area contributed by atoms with Crippen LogP contribution in [0.3, 0.4) is 0 Å².